The molecule has 378 valence electrons. The van der Waals surface area contributed by atoms with Crippen molar-refractivity contribution in [2.75, 3.05) is 48.5 Å². The maximum absolute atomic E-state index is 17.4. The van der Waals surface area contributed by atoms with Crippen LogP contribution in [0.15, 0.2) is 103 Å². The lowest BCUT2D eigenvalue weighted by Crippen LogP contribution is -2.73. The molecule has 4 aliphatic heterocycles. The highest BCUT2D eigenvalue weighted by Gasteiger charge is 2.77. The van der Waals surface area contributed by atoms with Crippen LogP contribution in [-0.2, 0) is 42.5 Å². The first-order chi connectivity index (χ1) is 34.2. The van der Waals surface area contributed by atoms with Gasteiger partial charge in [0, 0.05) is 104 Å². The zero-order valence-corrected chi connectivity index (χ0v) is 43.9. The zero-order valence-electron chi connectivity index (χ0n) is 43.1. The highest BCUT2D eigenvalue weighted by Crippen LogP contribution is 2.63. The fourth-order valence-corrected chi connectivity index (χ4v) is 14.8. The van der Waals surface area contributed by atoms with E-state index in [1.54, 1.807) is 13.2 Å². The summed E-state index contributed by atoms with van der Waals surface area (Å²) in [5, 5.41) is 9.14. The number of ether oxygens (including phenoxy) is 2. The molecule has 0 amide bonds. The van der Waals surface area contributed by atoms with E-state index in [-0.39, 0.29) is 66.1 Å². The minimum absolute atomic E-state index is 0.0383. The summed E-state index contributed by atoms with van der Waals surface area (Å²) in [6, 6.07) is 31.6. The molecule has 0 radical (unpaired) electrons. The third-order valence-corrected chi connectivity index (χ3v) is 18.2. The SMILES string of the molecule is CCC12C(=O)C34C5C[C@H](Cc6ccc(Cl)cc6)N(C)C3[C@@H](COC)NC4[C@H](C)N(Cc3ccc(F)cc3Oc3ccc(-c4cnc(CN(C)C)n4C)cc3)C1C[C@@H](Cc1ccccc1)C2N(C)[C@@H](C)CN5. The Morgan fingerprint density at radius 2 is 1.63 bits per heavy atom. The minimum Gasteiger partial charge on any atom is -0.457 e. The van der Waals surface area contributed by atoms with Gasteiger partial charge in [0.25, 0.3) is 0 Å². The van der Waals surface area contributed by atoms with Crippen molar-refractivity contribution in [1.82, 2.24) is 39.8 Å². The molecule has 4 saturated heterocycles. The number of benzene rings is 4. The quantitative estimate of drug-likeness (QED) is 0.113. The molecule has 7 unspecified atom stereocenters. The number of hydrogen-bond acceptors (Lipinski definition) is 10. The number of carbonyl (C=O) groups is 1. The molecule has 5 aliphatic rings. The highest BCUT2D eigenvalue weighted by atomic mass is 35.5. The number of nitrogens with zero attached hydrogens (tertiary/aromatic N) is 6. The van der Waals surface area contributed by atoms with E-state index in [1.807, 2.05) is 69.8 Å². The number of rotatable bonds is 14. The fourth-order valence-electron chi connectivity index (χ4n) is 14.7. The van der Waals surface area contributed by atoms with Crippen molar-refractivity contribution in [1.29, 1.82) is 0 Å². The topological polar surface area (TPSA) is 90.4 Å². The van der Waals surface area contributed by atoms with Crippen LogP contribution in [0.5, 0.6) is 11.5 Å². The van der Waals surface area contributed by atoms with Crippen LogP contribution in [-0.4, -0.2) is 138 Å². The molecule has 4 aromatic carbocycles. The van der Waals surface area contributed by atoms with Crippen LogP contribution in [0.4, 0.5) is 4.39 Å². The molecule has 12 atom stereocenters. The fraction of sp³-hybridized carbons (Fsp3) is 0.517. The van der Waals surface area contributed by atoms with Gasteiger partial charge in [-0.2, -0.15) is 0 Å². The predicted molar refractivity (Wildman–Crippen MR) is 280 cm³/mol. The summed E-state index contributed by atoms with van der Waals surface area (Å²) in [6.45, 7) is 9.44. The molecule has 5 heterocycles. The number of halogens is 2. The lowest BCUT2D eigenvalue weighted by Gasteiger charge is -2.57. The maximum atomic E-state index is 17.4. The number of hydrogen-bond donors (Lipinski definition) is 2. The van der Waals surface area contributed by atoms with Crippen molar-refractivity contribution in [3.63, 3.8) is 0 Å². The van der Waals surface area contributed by atoms with Gasteiger partial charge in [-0.15, -0.1) is 0 Å². The summed E-state index contributed by atoms with van der Waals surface area (Å²) in [5.74, 6) is 2.30. The molecule has 1 aliphatic carbocycles. The number of methoxy groups -OCH3 is 1. The van der Waals surface area contributed by atoms with Gasteiger partial charge in [-0.3, -0.25) is 19.5 Å². The van der Waals surface area contributed by atoms with Crippen LogP contribution in [0.1, 0.15) is 62.5 Å². The number of Topliss-reactive ketones (excluding diaryl/α,β-unsaturated/α-hetero) is 1. The molecule has 5 fully saturated rings. The van der Waals surface area contributed by atoms with Gasteiger partial charge in [-0.1, -0.05) is 67.1 Å². The van der Waals surface area contributed by atoms with E-state index in [0.29, 0.717) is 36.9 Å². The number of likely N-dealkylation sites (tertiary alicyclic amines) is 2. The van der Waals surface area contributed by atoms with Crippen molar-refractivity contribution < 1.29 is 18.7 Å². The molecule has 71 heavy (non-hydrogen) atoms. The lowest BCUT2D eigenvalue weighted by molar-refractivity contribution is -0.154. The number of ketones is 1. The zero-order chi connectivity index (χ0) is 49.9. The highest BCUT2D eigenvalue weighted by molar-refractivity contribution is 6.30. The Kier molecular flexibility index (Phi) is 14.2. The largest absolute Gasteiger partial charge is 0.457 e. The van der Waals surface area contributed by atoms with Crippen LogP contribution < -0.4 is 15.4 Å². The van der Waals surface area contributed by atoms with Gasteiger partial charge < -0.3 is 29.6 Å². The average molecular weight is 986 g/mol. The Bertz CT molecular complexity index is 2670. The third-order valence-electron chi connectivity index (χ3n) is 17.9. The summed E-state index contributed by atoms with van der Waals surface area (Å²) in [5.41, 5.74) is 3.87. The summed E-state index contributed by atoms with van der Waals surface area (Å²) >= 11 is 6.41. The Morgan fingerprint density at radius 3 is 2.34 bits per heavy atom. The Balaban J connectivity index is 1.09. The van der Waals surface area contributed by atoms with E-state index >= 15 is 9.18 Å². The molecule has 1 aromatic heterocycles. The number of aromatic nitrogens is 2. The molecule has 2 N–H and O–H groups in total. The van der Waals surface area contributed by atoms with Gasteiger partial charge in [0.05, 0.1) is 35.9 Å². The van der Waals surface area contributed by atoms with E-state index in [1.165, 1.54) is 17.2 Å². The Morgan fingerprint density at radius 1 is 0.901 bits per heavy atom. The number of nitrogens with one attached hydrogen (secondary N) is 2. The van der Waals surface area contributed by atoms with Crippen LogP contribution in [0.2, 0.25) is 5.02 Å². The molecule has 2 bridgehead atoms. The van der Waals surface area contributed by atoms with E-state index in [9.17, 15) is 0 Å². The molecule has 11 nitrogen and oxygen atoms in total. The second-order valence-electron chi connectivity index (χ2n) is 22.0. The Labute approximate surface area is 426 Å². The predicted octanol–water partition coefficient (Wildman–Crippen LogP) is 8.48. The summed E-state index contributed by atoms with van der Waals surface area (Å²) in [4.78, 5) is 32.0. The van der Waals surface area contributed by atoms with E-state index in [0.717, 1.165) is 66.4 Å². The number of carbonyl (C=O) groups excluding carboxylic acids is 1. The monoisotopic (exact) mass is 985 g/mol. The minimum atomic E-state index is -0.813. The molecule has 10 rings (SSSR count). The van der Waals surface area contributed by atoms with Crippen LogP contribution in [0.25, 0.3) is 11.3 Å². The van der Waals surface area contributed by atoms with Crippen molar-refractivity contribution in [3.05, 3.63) is 137 Å². The molecular weight excluding hydrogens is 911 g/mol. The van der Waals surface area contributed by atoms with Crippen LogP contribution in [0, 0.1) is 22.6 Å². The molecule has 1 saturated carbocycles. The Hall–Kier alpha value is -4.50. The second kappa shape index (κ2) is 20.1. The summed E-state index contributed by atoms with van der Waals surface area (Å²) in [7, 11) is 12.5. The number of likely N-dealkylation sites (N-methyl/N-ethyl adjacent to an activating group) is 2. The van der Waals surface area contributed by atoms with Gasteiger partial charge in [0.15, 0.2) is 5.78 Å². The summed E-state index contributed by atoms with van der Waals surface area (Å²) in [6.07, 6.45) is 5.99. The third kappa shape index (κ3) is 8.67. The van der Waals surface area contributed by atoms with E-state index in [2.05, 4.69) is 117 Å². The van der Waals surface area contributed by atoms with Gasteiger partial charge in [-0.05, 0) is 134 Å². The standard InChI is InChI=1S/C58H74ClFN8O3/c1-10-57-51-28-42(26-38-14-12-11-13-15-38)54(57)65(6)36(2)31-61-50-30-45(27-39-16-21-43(59)22-17-39)66(7)55-47(35-70-9)63-53(58(50,55)56(57)69)37(3)68(51)33-41-18-23-44(60)29-49(41)71-46-24-19-40(20-25-46)48-32-62-52(67(48)8)34-64(4)5/h11-25,29,32,36-37,42,45,47,50-51,53-55,61,63H,10,26-28,30-31,33-35H2,1-9H3/t36-,37-,42+,45-,47+,50?,51?,53?,54?,55?,57?,58?/m0/s1. The van der Waals surface area contributed by atoms with Crippen molar-refractivity contribution in [2.24, 2.45) is 23.8 Å². The van der Waals surface area contributed by atoms with Gasteiger partial charge in [0.1, 0.15) is 23.1 Å². The smallest absolute Gasteiger partial charge is 0.153 e. The first-order valence-electron chi connectivity index (χ1n) is 25.9. The average Bonchev–Trinajstić information content (AvgIpc) is 4.00. The first kappa shape index (κ1) is 50.1. The van der Waals surface area contributed by atoms with E-state index in [4.69, 9.17) is 21.1 Å². The molecule has 13 heteroatoms. The maximum Gasteiger partial charge on any atom is 0.153 e. The van der Waals surface area contributed by atoms with Gasteiger partial charge in [0.2, 0.25) is 0 Å². The molecular formula is C58H74ClFN8O3. The number of piperidine rings is 1. The second-order valence-corrected chi connectivity index (χ2v) is 22.4. The van der Waals surface area contributed by atoms with Gasteiger partial charge >= 0.3 is 0 Å². The summed E-state index contributed by atoms with van der Waals surface area (Å²) < 4.78 is 30.6. The van der Waals surface area contributed by atoms with Crippen molar-refractivity contribution >= 4 is 17.4 Å². The van der Waals surface area contributed by atoms with Crippen molar-refractivity contribution in [2.45, 2.75) is 120 Å². The number of imidazole rings is 1. The van der Waals surface area contributed by atoms with Gasteiger partial charge in [-0.25, -0.2) is 9.37 Å². The lowest BCUT2D eigenvalue weighted by atomic mass is 9.54. The molecule has 5 aromatic rings. The van der Waals surface area contributed by atoms with E-state index < -0.39 is 10.8 Å². The molecule has 1 spiro atoms. The van der Waals surface area contributed by atoms with Crippen LogP contribution in [0.3, 0.4) is 0 Å². The first-order valence-corrected chi connectivity index (χ1v) is 26.3. The van der Waals surface area contributed by atoms with Crippen molar-refractivity contribution in [3.8, 4) is 22.8 Å². The normalized spacial score (nSPS) is 32.1. The van der Waals surface area contributed by atoms with Crippen LogP contribution >= 0.6 is 11.6 Å².